The number of hydrogen-bond donors (Lipinski definition) is 1. The molecule has 0 bridgehead atoms. The minimum absolute atomic E-state index is 0.468. The van der Waals surface area contributed by atoms with Gasteiger partial charge in [-0.1, -0.05) is 34.1 Å². The molecule has 5 heteroatoms. The van der Waals surface area contributed by atoms with E-state index in [0.29, 0.717) is 12.4 Å². The molecular formula is C16H12Br2O3. The molecule has 0 unspecified atom stereocenters. The molecule has 0 aliphatic heterocycles. The van der Waals surface area contributed by atoms with Gasteiger partial charge < -0.3 is 9.84 Å². The third-order valence-corrected chi connectivity index (χ3v) is 3.83. The summed E-state index contributed by atoms with van der Waals surface area (Å²) in [6.45, 7) is 0.468. The second-order valence-corrected chi connectivity index (χ2v) is 6.05. The molecule has 0 aliphatic carbocycles. The number of benzene rings is 2. The first kappa shape index (κ1) is 15.8. The van der Waals surface area contributed by atoms with Crippen LogP contribution in [-0.4, -0.2) is 11.1 Å². The molecule has 0 radical (unpaired) electrons. The van der Waals surface area contributed by atoms with Gasteiger partial charge in [0.25, 0.3) is 0 Å². The lowest BCUT2D eigenvalue weighted by Crippen LogP contribution is -1.96. The van der Waals surface area contributed by atoms with Gasteiger partial charge in [0.05, 0.1) is 4.47 Å². The van der Waals surface area contributed by atoms with Crippen LogP contribution in [0.3, 0.4) is 0 Å². The fourth-order valence-corrected chi connectivity index (χ4v) is 2.42. The van der Waals surface area contributed by atoms with Gasteiger partial charge in [-0.25, -0.2) is 4.79 Å². The van der Waals surface area contributed by atoms with E-state index < -0.39 is 5.97 Å². The van der Waals surface area contributed by atoms with Crippen LogP contribution in [0.25, 0.3) is 6.08 Å². The van der Waals surface area contributed by atoms with E-state index in [9.17, 15) is 4.79 Å². The largest absolute Gasteiger partial charge is 0.488 e. The third kappa shape index (κ3) is 5.02. The number of hydrogen-bond acceptors (Lipinski definition) is 2. The topological polar surface area (TPSA) is 46.5 Å². The highest BCUT2D eigenvalue weighted by atomic mass is 79.9. The Morgan fingerprint density at radius 1 is 1.14 bits per heavy atom. The monoisotopic (exact) mass is 410 g/mol. The summed E-state index contributed by atoms with van der Waals surface area (Å²) in [5.74, 6) is -0.257. The molecule has 0 atom stereocenters. The van der Waals surface area contributed by atoms with Crippen molar-refractivity contribution in [1.29, 1.82) is 0 Å². The Balaban J connectivity index is 2.04. The summed E-state index contributed by atoms with van der Waals surface area (Å²) in [5, 5.41) is 8.60. The maximum absolute atomic E-state index is 10.5. The van der Waals surface area contributed by atoms with Crippen LogP contribution in [0.4, 0.5) is 0 Å². The SMILES string of the molecule is O=C(O)C=Cc1ccc(OCc2ccc(Br)cc2)c(Br)c1. The highest BCUT2D eigenvalue weighted by molar-refractivity contribution is 9.10. The number of carboxylic acids is 1. The Morgan fingerprint density at radius 3 is 2.48 bits per heavy atom. The Bertz CT molecular complexity index is 664. The summed E-state index contributed by atoms with van der Waals surface area (Å²) in [7, 11) is 0. The Labute approximate surface area is 139 Å². The predicted molar refractivity (Wildman–Crippen MR) is 89.3 cm³/mol. The maximum Gasteiger partial charge on any atom is 0.328 e. The first-order valence-electron chi connectivity index (χ1n) is 6.12. The van der Waals surface area contributed by atoms with E-state index >= 15 is 0 Å². The second kappa shape index (κ2) is 7.43. The summed E-state index contributed by atoms with van der Waals surface area (Å²) < 4.78 is 7.55. The van der Waals surface area contributed by atoms with Crippen molar-refractivity contribution in [2.45, 2.75) is 6.61 Å². The van der Waals surface area contributed by atoms with Crippen molar-refractivity contribution in [1.82, 2.24) is 0 Å². The van der Waals surface area contributed by atoms with Crippen LogP contribution >= 0.6 is 31.9 Å². The first-order chi connectivity index (χ1) is 10.0. The minimum atomic E-state index is -0.971. The molecule has 0 heterocycles. The van der Waals surface area contributed by atoms with Crippen molar-refractivity contribution in [3.05, 3.63) is 68.6 Å². The molecule has 3 nitrogen and oxygen atoms in total. The normalized spacial score (nSPS) is 10.8. The molecule has 21 heavy (non-hydrogen) atoms. The second-order valence-electron chi connectivity index (χ2n) is 4.28. The number of carboxylic acid groups (broad SMARTS) is 1. The van der Waals surface area contributed by atoms with Crippen molar-refractivity contribution in [2.75, 3.05) is 0 Å². The van der Waals surface area contributed by atoms with E-state index in [4.69, 9.17) is 9.84 Å². The van der Waals surface area contributed by atoms with Gasteiger partial charge in [-0.3, -0.25) is 0 Å². The number of ether oxygens (including phenoxy) is 1. The number of rotatable bonds is 5. The molecule has 0 saturated heterocycles. The zero-order chi connectivity index (χ0) is 15.2. The van der Waals surface area contributed by atoms with Crippen molar-refractivity contribution in [3.63, 3.8) is 0 Å². The van der Waals surface area contributed by atoms with Gasteiger partial charge in [-0.05, 0) is 57.4 Å². The van der Waals surface area contributed by atoms with Crippen LogP contribution in [0.15, 0.2) is 57.5 Å². The summed E-state index contributed by atoms with van der Waals surface area (Å²) in [6.07, 6.45) is 2.63. The van der Waals surface area contributed by atoms with Gasteiger partial charge in [0.15, 0.2) is 0 Å². The lowest BCUT2D eigenvalue weighted by atomic mass is 10.2. The summed E-state index contributed by atoms with van der Waals surface area (Å²) in [5.41, 5.74) is 1.86. The number of aliphatic carboxylic acids is 1. The maximum atomic E-state index is 10.5. The molecule has 0 spiro atoms. The van der Waals surface area contributed by atoms with Gasteiger partial charge >= 0.3 is 5.97 Å². The lowest BCUT2D eigenvalue weighted by Gasteiger charge is -2.09. The molecule has 2 aromatic rings. The number of halogens is 2. The molecule has 0 aliphatic rings. The van der Waals surface area contributed by atoms with E-state index in [1.54, 1.807) is 6.07 Å². The Hall–Kier alpha value is -1.59. The molecule has 0 amide bonds. The van der Waals surface area contributed by atoms with Gasteiger partial charge in [0.2, 0.25) is 0 Å². The van der Waals surface area contributed by atoms with Crippen molar-refractivity contribution >= 4 is 43.9 Å². The van der Waals surface area contributed by atoms with E-state index in [1.807, 2.05) is 36.4 Å². The molecule has 108 valence electrons. The minimum Gasteiger partial charge on any atom is -0.488 e. The summed E-state index contributed by atoms with van der Waals surface area (Å²) in [4.78, 5) is 10.5. The van der Waals surface area contributed by atoms with Gasteiger partial charge in [-0.15, -0.1) is 0 Å². The molecule has 0 saturated carbocycles. The molecule has 2 rings (SSSR count). The molecule has 2 aromatic carbocycles. The first-order valence-corrected chi connectivity index (χ1v) is 7.71. The summed E-state index contributed by atoms with van der Waals surface area (Å²) in [6, 6.07) is 13.3. The van der Waals surface area contributed by atoms with E-state index in [-0.39, 0.29) is 0 Å². The quantitative estimate of drug-likeness (QED) is 0.712. The molecule has 1 N–H and O–H groups in total. The van der Waals surface area contributed by atoms with Crippen LogP contribution in [0.1, 0.15) is 11.1 Å². The average Bonchev–Trinajstić information content (AvgIpc) is 2.46. The highest BCUT2D eigenvalue weighted by Crippen LogP contribution is 2.27. The van der Waals surface area contributed by atoms with Gasteiger partial charge in [0, 0.05) is 10.5 Å². The highest BCUT2D eigenvalue weighted by Gasteiger charge is 2.03. The lowest BCUT2D eigenvalue weighted by molar-refractivity contribution is -0.131. The van der Waals surface area contributed by atoms with E-state index in [1.165, 1.54) is 6.08 Å². The van der Waals surface area contributed by atoms with Crippen LogP contribution in [0, 0.1) is 0 Å². The molecule has 0 fully saturated rings. The molecule has 0 aromatic heterocycles. The summed E-state index contributed by atoms with van der Waals surface area (Å²) >= 11 is 6.81. The standard InChI is InChI=1S/C16H12Br2O3/c17-13-5-1-12(2-6-13)10-21-15-7-3-11(9-14(15)18)4-8-16(19)20/h1-9H,10H2,(H,19,20). The third-order valence-electron chi connectivity index (χ3n) is 2.68. The van der Waals surface area contributed by atoms with Crippen LogP contribution in [0.2, 0.25) is 0 Å². The smallest absolute Gasteiger partial charge is 0.328 e. The average molecular weight is 412 g/mol. The van der Waals surface area contributed by atoms with Crippen LogP contribution in [-0.2, 0) is 11.4 Å². The van der Waals surface area contributed by atoms with E-state index in [2.05, 4.69) is 31.9 Å². The zero-order valence-corrected chi connectivity index (χ0v) is 14.1. The van der Waals surface area contributed by atoms with Gasteiger partial charge in [0.1, 0.15) is 12.4 Å². The van der Waals surface area contributed by atoms with Crippen LogP contribution in [0.5, 0.6) is 5.75 Å². The predicted octanol–water partition coefficient (Wildman–Crippen LogP) is 4.89. The fraction of sp³-hybridized carbons (Fsp3) is 0.0625. The zero-order valence-electron chi connectivity index (χ0n) is 10.9. The van der Waals surface area contributed by atoms with Gasteiger partial charge in [-0.2, -0.15) is 0 Å². The molecular weight excluding hydrogens is 400 g/mol. The Morgan fingerprint density at radius 2 is 1.86 bits per heavy atom. The number of carbonyl (C=O) groups is 1. The van der Waals surface area contributed by atoms with Crippen LogP contribution < -0.4 is 4.74 Å². The van der Waals surface area contributed by atoms with Crippen molar-refractivity contribution in [2.24, 2.45) is 0 Å². The fourth-order valence-electron chi connectivity index (χ4n) is 1.65. The van der Waals surface area contributed by atoms with Crippen molar-refractivity contribution in [3.8, 4) is 5.75 Å². The van der Waals surface area contributed by atoms with Crippen molar-refractivity contribution < 1.29 is 14.6 Å². The Kier molecular flexibility index (Phi) is 5.59. The van der Waals surface area contributed by atoms with E-state index in [0.717, 1.165) is 26.1 Å².